The Morgan fingerprint density at radius 3 is 2.72 bits per heavy atom. The number of amides is 3. The van der Waals surface area contributed by atoms with Crippen molar-refractivity contribution >= 4 is 35.2 Å². The number of nitrogens with zero attached hydrogens (tertiary/aromatic N) is 2. The molecule has 2 aromatic rings. The molecule has 0 saturated carbocycles. The number of aromatic nitrogens is 2. The van der Waals surface area contributed by atoms with Gasteiger partial charge in [-0.05, 0) is 23.0 Å². The monoisotopic (exact) mass is 459 g/mol. The molecule has 0 radical (unpaired) electrons. The quantitative estimate of drug-likeness (QED) is 0.542. The minimum absolute atomic E-state index is 0.0487. The molecule has 1 aliphatic heterocycles. The van der Waals surface area contributed by atoms with E-state index in [0.29, 0.717) is 12.1 Å². The molecule has 170 valence electrons. The first-order valence-electron chi connectivity index (χ1n) is 10.2. The molecule has 3 rings (SSSR count). The lowest BCUT2D eigenvalue weighted by molar-refractivity contribution is -0.140. The normalized spacial score (nSPS) is 17.3. The van der Waals surface area contributed by atoms with Crippen LogP contribution in [-0.4, -0.2) is 51.9 Å². The number of carbonyl (C=O) groups excluding carboxylic acids is 4. The highest BCUT2D eigenvalue weighted by atomic mass is 32.1. The van der Waals surface area contributed by atoms with Crippen LogP contribution in [0.4, 0.5) is 4.79 Å². The molecule has 11 heteroatoms. The summed E-state index contributed by atoms with van der Waals surface area (Å²) in [4.78, 5) is 50.8. The van der Waals surface area contributed by atoms with Gasteiger partial charge in [0, 0.05) is 19.4 Å². The van der Waals surface area contributed by atoms with E-state index < -0.39 is 35.8 Å². The number of ether oxygens (including phenoxy) is 1. The number of benzene rings is 1. The highest BCUT2D eigenvalue weighted by Gasteiger charge is 2.33. The number of carbonyl (C=O) groups is 4. The van der Waals surface area contributed by atoms with Gasteiger partial charge in [-0.1, -0.05) is 48.7 Å². The van der Waals surface area contributed by atoms with Crippen LogP contribution in [0.2, 0.25) is 0 Å². The molecule has 1 aliphatic rings. The second-order valence-corrected chi connectivity index (χ2v) is 8.54. The van der Waals surface area contributed by atoms with Crippen LogP contribution in [0.15, 0.2) is 30.3 Å². The zero-order chi connectivity index (χ0) is 23.1. The molecule has 0 bridgehead atoms. The number of hydrogen-bond acceptors (Lipinski definition) is 8. The Kier molecular flexibility index (Phi) is 7.87. The largest absolute Gasteiger partial charge is 0.445 e. The Morgan fingerprint density at radius 1 is 1.25 bits per heavy atom. The molecule has 32 heavy (non-hydrogen) atoms. The molecule has 0 fully saturated rings. The van der Waals surface area contributed by atoms with Gasteiger partial charge in [-0.3, -0.25) is 14.4 Å². The van der Waals surface area contributed by atoms with Crippen molar-refractivity contribution in [2.75, 3.05) is 6.54 Å². The van der Waals surface area contributed by atoms with Gasteiger partial charge < -0.3 is 20.7 Å². The zero-order valence-corrected chi connectivity index (χ0v) is 18.6. The average Bonchev–Trinajstić information content (AvgIpc) is 3.22. The molecule has 0 aliphatic carbocycles. The Morgan fingerprint density at radius 2 is 2.00 bits per heavy atom. The maximum atomic E-state index is 13.0. The highest BCUT2D eigenvalue weighted by molar-refractivity contribution is 7.05. The molecule has 3 N–H and O–H groups in total. The van der Waals surface area contributed by atoms with Gasteiger partial charge in [-0.15, -0.1) is 5.10 Å². The van der Waals surface area contributed by atoms with Gasteiger partial charge in [0.25, 0.3) is 5.91 Å². The average molecular weight is 460 g/mol. The van der Waals surface area contributed by atoms with Crippen LogP contribution in [0.5, 0.6) is 0 Å². The summed E-state index contributed by atoms with van der Waals surface area (Å²) in [5, 5.41) is 11.7. The third-order valence-corrected chi connectivity index (χ3v) is 5.78. The van der Waals surface area contributed by atoms with Gasteiger partial charge in [0.1, 0.15) is 18.7 Å². The number of alkyl carbamates (subject to hydrolysis) is 1. The SMILES string of the molecule is CC(C)C(NC(=O)OCc1ccccc1)C(=O)NC1Cc2nnsc2CCNC(=O)C1=O. The van der Waals surface area contributed by atoms with E-state index in [0.717, 1.165) is 10.4 Å². The third-order valence-electron chi connectivity index (χ3n) is 4.96. The first kappa shape index (κ1) is 23.3. The topological polar surface area (TPSA) is 139 Å². The van der Waals surface area contributed by atoms with E-state index in [-0.39, 0.29) is 25.5 Å². The van der Waals surface area contributed by atoms with Crippen molar-refractivity contribution in [2.45, 2.75) is 45.4 Å². The van der Waals surface area contributed by atoms with E-state index in [1.165, 1.54) is 11.5 Å². The van der Waals surface area contributed by atoms with Crippen molar-refractivity contribution in [3.63, 3.8) is 0 Å². The van der Waals surface area contributed by atoms with Crippen molar-refractivity contribution in [3.05, 3.63) is 46.5 Å². The summed E-state index contributed by atoms with van der Waals surface area (Å²) >= 11 is 1.19. The maximum Gasteiger partial charge on any atom is 0.408 e. The van der Waals surface area contributed by atoms with Gasteiger partial charge in [-0.25, -0.2) is 4.79 Å². The summed E-state index contributed by atoms with van der Waals surface area (Å²) in [6, 6.07) is 7.06. The van der Waals surface area contributed by atoms with E-state index >= 15 is 0 Å². The summed E-state index contributed by atoms with van der Waals surface area (Å²) in [6.07, 6.45) is -0.198. The number of fused-ring (bicyclic) bond motifs is 1. The number of nitrogens with one attached hydrogen (secondary N) is 3. The van der Waals surface area contributed by atoms with Crippen molar-refractivity contribution in [2.24, 2.45) is 5.92 Å². The van der Waals surface area contributed by atoms with Crippen molar-refractivity contribution in [1.82, 2.24) is 25.5 Å². The molecule has 10 nitrogen and oxygen atoms in total. The van der Waals surface area contributed by atoms with E-state index in [9.17, 15) is 19.2 Å². The summed E-state index contributed by atoms with van der Waals surface area (Å²) in [7, 11) is 0. The second kappa shape index (κ2) is 10.8. The lowest BCUT2D eigenvalue weighted by Gasteiger charge is -2.24. The minimum Gasteiger partial charge on any atom is -0.445 e. The maximum absolute atomic E-state index is 13.0. The Labute approximate surface area is 189 Å². The first-order chi connectivity index (χ1) is 15.3. The fraction of sp³-hybridized carbons (Fsp3) is 0.429. The third kappa shape index (κ3) is 6.10. The molecule has 2 unspecified atom stereocenters. The van der Waals surface area contributed by atoms with Gasteiger partial charge >= 0.3 is 6.09 Å². The molecule has 2 heterocycles. The summed E-state index contributed by atoms with van der Waals surface area (Å²) in [5.41, 5.74) is 1.38. The fourth-order valence-corrected chi connectivity index (χ4v) is 3.86. The van der Waals surface area contributed by atoms with Crippen molar-refractivity contribution in [3.8, 4) is 0 Å². The number of ketones is 1. The minimum atomic E-state index is -1.12. The van der Waals surface area contributed by atoms with Crippen molar-refractivity contribution < 1.29 is 23.9 Å². The van der Waals surface area contributed by atoms with E-state index in [4.69, 9.17) is 4.74 Å². The van der Waals surface area contributed by atoms with Crippen LogP contribution < -0.4 is 16.0 Å². The predicted octanol–water partition coefficient (Wildman–Crippen LogP) is 0.758. The molecule has 2 atom stereocenters. The molecule has 0 saturated heterocycles. The van der Waals surface area contributed by atoms with Gasteiger partial charge in [0.05, 0.1) is 10.6 Å². The highest BCUT2D eigenvalue weighted by Crippen LogP contribution is 2.15. The lowest BCUT2D eigenvalue weighted by Crippen LogP contribution is -2.56. The smallest absolute Gasteiger partial charge is 0.408 e. The van der Waals surface area contributed by atoms with Crippen LogP contribution in [0.1, 0.15) is 30.0 Å². The Balaban J connectivity index is 1.66. The summed E-state index contributed by atoms with van der Waals surface area (Å²) in [5.74, 6) is -2.43. The van der Waals surface area contributed by atoms with E-state index in [1.54, 1.807) is 13.8 Å². The molecular formula is C21H25N5O5S. The van der Waals surface area contributed by atoms with Crippen LogP contribution in [-0.2, 0) is 38.6 Å². The number of Topliss-reactive ketones (excluding diaryl/α,β-unsaturated/α-hetero) is 1. The molecule has 1 aromatic heterocycles. The van der Waals surface area contributed by atoms with Crippen LogP contribution in [0.25, 0.3) is 0 Å². The van der Waals surface area contributed by atoms with Crippen LogP contribution in [0, 0.1) is 5.92 Å². The zero-order valence-electron chi connectivity index (χ0n) is 17.8. The summed E-state index contributed by atoms with van der Waals surface area (Å²) < 4.78 is 9.10. The van der Waals surface area contributed by atoms with E-state index in [2.05, 4.69) is 25.5 Å². The Hall–Kier alpha value is -3.34. The Bertz CT molecular complexity index is 978. The predicted molar refractivity (Wildman–Crippen MR) is 116 cm³/mol. The first-order valence-corrected chi connectivity index (χ1v) is 11.0. The van der Waals surface area contributed by atoms with Gasteiger partial charge in [0.2, 0.25) is 11.7 Å². The second-order valence-electron chi connectivity index (χ2n) is 7.71. The molecular weight excluding hydrogens is 434 g/mol. The lowest BCUT2D eigenvalue weighted by atomic mass is 10.0. The van der Waals surface area contributed by atoms with Crippen LogP contribution in [0.3, 0.4) is 0 Å². The number of rotatable bonds is 6. The molecule has 1 aromatic carbocycles. The fourth-order valence-electron chi connectivity index (χ4n) is 3.20. The van der Waals surface area contributed by atoms with E-state index in [1.807, 2.05) is 30.3 Å². The molecule has 3 amide bonds. The van der Waals surface area contributed by atoms with Crippen molar-refractivity contribution in [1.29, 1.82) is 0 Å². The van der Waals surface area contributed by atoms with Gasteiger partial charge in [-0.2, -0.15) is 0 Å². The standard InChI is InChI=1S/C21H25N5O5S/c1-12(2)17(24-21(30)31-11-13-6-4-3-5-7-13)19(28)23-15-10-14-16(32-26-25-14)8-9-22-20(29)18(15)27/h3-7,12,15,17H,8-11H2,1-2H3,(H,22,29)(H,23,28)(H,24,30). The van der Waals surface area contributed by atoms with Gasteiger partial charge in [0.15, 0.2) is 0 Å². The van der Waals surface area contributed by atoms with Crippen LogP contribution >= 0.6 is 11.5 Å². The summed E-state index contributed by atoms with van der Waals surface area (Å²) in [6.45, 7) is 3.84. The number of hydrogen-bond donors (Lipinski definition) is 3. The molecule has 0 spiro atoms.